The fraction of sp³-hybridized carbons (Fsp3) is 0.167. The predicted octanol–water partition coefficient (Wildman–Crippen LogP) is 3.84. The first-order chi connectivity index (χ1) is 8.58. The van der Waals surface area contributed by atoms with E-state index in [9.17, 15) is 4.39 Å². The minimum atomic E-state index is -0.287. The number of benzene rings is 1. The van der Waals surface area contributed by atoms with Gasteiger partial charge in [0.05, 0.1) is 0 Å². The maximum atomic E-state index is 13.4. The number of aromatic nitrogens is 2. The third-order valence-corrected chi connectivity index (χ3v) is 2.89. The fourth-order valence-corrected chi connectivity index (χ4v) is 2.08. The number of anilines is 1. The summed E-state index contributed by atoms with van der Waals surface area (Å²) < 4.78 is 13.4. The Morgan fingerprint density at radius 1 is 1.17 bits per heavy atom. The Hall–Kier alpha value is -1.39. The summed E-state index contributed by atoms with van der Waals surface area (Å²) in [4.78, 5) is 7.97. The SMILES string of the molecule is Cc1nc(Cl)c(NCc2ccccc2F)c(Cl)n1. The van der Waals surface area contributed by atoms with Gasteiger partial charge >= 0.3 is 0 Å². The zero-order valence-electron chi connectivity index (χ0n) is 9.54. The highest BCUT2D eigenvalue weighted by atomic mass is 35.5. The molecule has 3 nitrogen and oxygen atoms in total. The minimum Gasteiger partial charge on any atom is -0.376 e. The van der Waals surface area contributed by atoms with Crippen molar-refractivity contribution in [1.82, 2.24) is 9.97 Å². The summed E-state index contributed by atoms with van der Waals surface area (Å²) >= 11 is 11.9. The number of hydrogen-bond donors (Lipinski definition) is 1. The van der Waals surface area contributed by atoms with E-state index in [2.05, 4.69) is 15.3 Å². The van der Waals surface area contributed by atoms with Gasteiger partial charge in [0.2, 0.25) is 0 Å². The lowest BCUT2D eigenvalue weighted by molar-refractivity contribution is 0.613. The Balaban J connectivity index is 2.19. The van der Waals surface area contributed by atoms with Crippen molar-refractivity contribution in [3.8, 4) is 0 Å². The molecule has 2 aromatic rings. The first kappa shape index (κ1) is 13.1. The minimum absolute atomic E-state index is 0.226. The van der Waals surface area contributed by atoms with Crippen LogP contribution >= 0.6 is 23.2 Å². The second kappa shape index (κ2) is 5.50. The van der Waals surface area contributed by atoms with Gasteiger partial charge in [0.25, 0.3) is 0 Å². The van der Waals surface area contributed by atoms with Crippen molar-refractivity contribution in [1.29, 1.82) is 0 Å². The number of nitrogens with one attached hydrogen (secondary N) is 1. The monoisotopic (exact) mass is 285 g/mol. The highest BCUT2D eigenvalue weighted by Crippen LogP contribution is 2.27. The van der Waals surface area contributed by atoms with Crippen molar-refractivity contribution in [3.63, 3.8) is 0 Å². The third-order valence-electron chi connectivity index (χ3n) is 2.35. The van der Waals surface area contributed by atoms with E-state index in [0.717, 1.165) is 0 Å². The second-order valence-corrected chi connectivity index (χ2v) is 4.39. The molecule has 6 heteroatoms. The molecule has 1 heterocycles. The quantitative estimate of drug-likeness (QED) is 0.871. The molecule has 1 aromatic carbocycles. The van der Waals surface area contributed by atoms with Crippen molar-refractivity contribution in [3.05, 3.63) is 51.8 Å². The van der Waals surface area contributed by atoms with Crippen LogP contribution in [-0.4, -0.2) is 9.97 Å². The zero-order valence-corrected chi connectivity index (χ0v) is 11.1. The van der Waals surface area contributed by atoms with Gasteiger partial charge in [-0.2, -0.15) is 0 Å². The molecule has 1 N–H and O–H groups in total. The highest BCUT2D eigenvalue weighted by Gasteiger charge is 2.10. The number of halogens is 3. The first-order valence-electron chi connectivity index (χ1n) is 5.25. The molecule has 0 fully saturated rings. The summed E-state index contributed by atoms with van der Waals surface area (Å²) in [6.45, 7) is 1.96. The Morgan fingerprint density at radius 3 is 2.39 bits per heavy atom. The van der Waals surface area contributed by atoms with Crippen LogP contribution in [0.15, 0.2) is 24.3 Å². The van der Waals surface area contributed by atoms with Gasteiger partial charge in [0.15, 0.2) is 10.3 Å². The lowest BCUT2D eigenvalue weighted by atomic mass is 10.2. The second-order valence-electron chi connectivity index (χ2n) is 3.67. The average molecular weight is 286 g/mol. The van der Waals surface area contributed by atoms with Crippen LogP contribution in [0, 0.1) is 12.7 Å². The molecule has 2 rings (SSSR count). The summed E-state index contributed by atoms with van der Waals surface area (Å²) in [5.74, 6) is 0.201. The third kappa shape index (κ3) is 2.89. The van der Waals surface area contributed by atoms with Gasteiger partial charge in [-0.1, -0.05) is 41.4 Å². The number of rotatable bonds is 3. The molecule has 0 saturated heterocycles. The summed E-state index contributed by atoms with van der Waals surface area (Å²) in [5, 5.41) is 3.39. The summed E-state index contributed by atoms with van der Waals surface area (Å²) in [5.41, 5.74) is 0.928. The first-order valence-corrected chi connectivity index (χ1v) is 6.00. The van der Waals surface area contributed by atoms with E-state index in [1.54, 1.807) is 25.1 Å². The van der Waals surface area contributed by atoms with Crippen LogP contribution in [0.3, 0.4) is 0 Å². The van der Waals surface area contributed by atoms with Crippen molar-refractivity contribution in [2.24, 2.45) is 0 Å². The van der Waals surface area contributed by atoms with Crippen LogP contribution in [0.5, 0.6) is 0 Å². The normalized spacial score (nSPS) is 10.4. The van der Waals surface area contributed by atoms with Gasteiger partial charge in [-0.05, 0) is 13.0 Å². The van der Waals surface area contributed by atoms with Gasteiger partial charge in [0, 0.05) is 12.1 Å². The van der Waals surface area contributed by atoms with E-state index in [1.807, 2.05) is 0 Å². The van der Waals surface area contributed by atoms with Gasteiger partial charge in [-0.3, -0.25) is 0 Å². The largest absolute Gasteiger partial charge is 0.376 e. The van der Waals surface area contributed by atoms with E-state index < -0.39 is 0 Å². The summed E-state index contributed by atoms with van der Waals surface area (Å²) in [6, 6.07) is 6.47. The molecule has 0 aliphatic carbocycles. The number of nitrogens with zero attached hydrogens (tertiary/aromatic N) is 2. The maximum Gasteiger partial charge on any atom is 0.157 e. The molecule has 0 bridgehead atoms. The molecule has 0 atom stereocenters. The van der Waals surface area contributed by atoms with Crippen molar-refractivity contribution >= 4 is 28.9 Å². The Bertz CT molecular complexity index is 552. The van der Waals surface area contributed by atoms with Crippen LogP contribution in [0.4, 0.5) is 10.1 Å². The summed E-state index contributed by atoms with van der Waals surface area (Å²) in [7, 11) is 0. The molecule has 0 amide bonds. The maximum absolute atomic E-state index is 13.4. The standard InChI is InChI=1S/C12H10Cl2FN3/c1-7-17-11(13)10(12(14)18-7)16-6-8-4-2-3-5-9(8)15/h2-5,16H,6H2,1H3. The smallest absolute Gasteiger partial charge is 0.157 e. The molecule has 0 aliphatic rings. The van der Waals surface area contributed by atoms with Gasteiger partial charge < -0.3 is 5.32 Å². The van der Waals surface area contributed by atoms with Crippen molar-refractivity contribution in [2.45, 2.75) is 13.5 Å². The molecule has 0 spiro atoms. The van der Waals surface area contributed by atoms with Crippen LogP contribution in [-0.2, 0) is 6.54 Å². The molecular formula is C12H10Cl2FN3. The molecule has 1 aromatic heterocycles. The molecule has 0 unspecified atom stereocenters. The molecular weight excluding hydrogens is 276 g/mol. The van der Waals surface area contributed by atoms with E-state index in [1.165, 1.54) is 6.07 Å². The van der Waals surface area contributed by atoms with Crippen molar-refractivity contribution in [2.75, 3.05) is 5.32 Å². The van der Waals surface area contributed by atoms with Crippen LogP contribution in [0.1, 0.15) is 11.4 Å². The molecule has 94 valence electrons. The molecule has 0 radical (unpaired) electrons. The van der Waals surface area contributed by atoms with Gasteiger partial charge in [-0.15, -0.1) is 0 Å². The van der Waals surface area contributed by atoms with E-state index in [4.69, 9.17) is 23.2 Å². The van der Waals surface area contributed by atoms with Gasteiger partial charge in [0.1, 0.15) is 17.3 Å². The van der Waals surface area contributed by atoms with E-state index in [-0.39, 0.29) is 22.7 Å². The van der Waals surface area contributed by atoms with Crippen LogP contribution < -0.4 is 5.32 Å². The topological polar surface area (TPSA) is 37.8 Å². The summed E-state index contributed by atoms with van der Waals surface area (Å²) in [6.07, 6.45) is 0. The molecule has 0 saturated carbocycles. The van der Waals surface area contributed by atoms with E-state index in [0.29, 0.717) is 17.1 Å². The van der Waals surface area contributed by atoms with Crippen LogP contribution in [0.25, 0.3) is 0 Å². The lowest BCUT2D eigenvalue weighted by Gasteiger charge is -2.10. The zero-order chi connectivity index (χ0) is 13.1. The lowest BCUT2D eigenvalue weighted by Crippen LogP contribution is -2.05. The molecule has 0 aliphatic heterocycles. The molecule has 18 heavy (non-hydrogen) atoms. The Labute approximate surface area is 114 Å². The Kier molecular flexibility index (Phi) is 3.99. The number of hydrogen-bond acceptors (Lipinski definition) is 3. The number of aryl methyl sites for hydroxylation is 1. The van der Waals surface area contributed by atoms with Crippen LogP contribution in [0.2, 0.25) is 10.3 Å². The Morgan fingerprint density at radius 2 is 1.78 bits per heavy atom. The highest BCUT2D eigenvalue weighted by molar-refractivity contribution is 6.37. The average Bonchev–Trinajstić information content (AvgIpc) is 2.30. The van der Waals surface area contributed by atoms with Crippen molar-refractivity contribution < 1.29 is 4.39 Å². The fourth-order valence-electron chi connectivity index (χ4n) is 1.48. The van der Waals surface area contributed by atoms with E-state index >= 15 is 0 Å². The predicted molar refractivity (Wildman–Crippen MR) is 70.5 cm³/mol. The van der Waals surface area contributed by atoms with Gasteiger partial charge in [-0.25, -0.2) is 14.4 Å².